The molecule has 1 heterocycles. The van der Waals surface area contributed by atoms with Gasteiger partial charge in [-0.05, 0) is 68.0 Å². The lowest BCUT2D eigenvalue weighted by Gasteiger charge is -2.28. The number of allylic oxidation sites excluding steroid dienone is 4. The highest BCUT2D eigenvalue weighted by Gasteiger charge is 2.39. The van der Waals surface area contributed by atoms with Crippen LogP contribution in [0.3, 0.4) is 0 Å². The summed E-state index contributed by atoms with van der Waals surface area (Å²) in [5, 5.41) is 0. The maximum atomic E-state index is 13.5. The summed E-state index contributed by atoms with van der Waals surface area (Å²) in [6.45, 7) is 9.24. The molecule has 1 fully saturated rings. The van der Waals surface area contributed by atoms with Crippen LogP contribution >= 0.6 is 0 Å². The van der Waals surface area contributed by atoms with Crippen LogP contribution in [0.4, 0.5) is 0 Å². The Morgan fingerprint density at radius 1 is 1.18 bits per heavy atom. The molecule has 0 spiro atoms. The van der Waals surface area contributed by atoms with E-state index in [9.17, 15) is 14.4 Å². The van der Waals surface area contributed by atoms with Gasteiger partial charge in [-0.15, -0.1) is 0 Å². The Labute approximate surface area is 228 Å². The van der Waals surface area contributed by atoms with Crippen molar-refractivity contribution in [2.24, 2.45) is 11.7 Å². The molecular formula is C31H45N3O4. The zero-order valence-corrected chi connectivity index (χ0v) is 23.7. The molecule has 7 nitrogen and oxygen atoms in total. The SMILES string of the molecule is C\C=C(/C=C(\C=C\CCC)c1ccc(OC)cc1)CN(CCCC)C(=O)CN1C(=O)C(CC(N)=O)CC1C. The highest BCUT2D eigenvalue weighted by molar-refractivity contribution is 5.90. The number of rotatable bonds is 15. The second-order valence-electron chi connectivity index (χ2n) is 9.97. The quantitative estimate of drug-likeness (QED) is 0.323. The predicted octanol–water partition coefficient (Wildman–Crippen LogP) is 5.12. The van der Waals surface area contributed by atoms with Crippen molar-refractivity contribution in [1.29, 1.82) is 0 Å². The van der Waals surface area contributed by atoms with E-state index in [4.69, 9.17) is 10.5 Å². The summed E-state index contributed by atoms with van der Waals surface area (Å²) >= 11 is 0. The third kappa shape index (κ3) is 9.19. The Balaban J connectivity index is 2.26. The molecule has 2 rings (SSSR count). The first kappa shape index (κ1) is 30.9. The number of amides is 3. The molecular weight excluding hydrogens is 478 g/mol. The van der Waals surface area contributed by atoms with Gasteiger partial charge in [0.15, 0.2) is 0 Å². The zero-order valence-electron chi connectivity index (χ0n) is 23.7. The number of likely N-dealkylation sites (tertiary alicyclic amines) is 1. The van der Waals surface area contributed by atoms with Gasteiger partial charge in [-0.1, -0.05) is 57.0 Å². The summed E-state index contributed by atoms with van der Waals surface area (Å²) in [5.74, 6) is -0.362. The molecule has 38 heavy (non-hydrogen) atoms. The minimum absolute atomic E-state index is 0.0153. The highest BCUT2D eigenvalue weighted by Crippen LogP contribution is 2.27. The number of nitrogens with two attached hydrogens (primary N) is 1. The first-order valence-corrected chi connectivity index (χ1v) is 13.8. The fourth-order valence-electron chi connectivity index (χ4n) is 4.65. The molecule has 0 bridgehead atoms. The average Bonchev–Trinajstić information content (AvgIpc) is 3.16. The number of benzene rings is 1. The average molecular weight is 524 g/mol. The molecule has 0 saturated carbocycles. The number of unbranched alkanes of at least 4 members (excludes halogenated alkanes) is 2. The van der Waals surface area contributed by atoms with Crippen molar-refractivity contribution < 1.29 is 19.1 Å². The number of ether oxygens (including phenoxy) is 1. The van der Waals surface area contributed by atoms with E-state index in [0.717, 1.165) is 48.1 Å². The summed E-state index contributed by atoms with van der Waals surface area (Å²) in [4.78, 5) is 41.2. The van der Waals surface area contributed by atoms with Gasteiger partial charge in [0.25, 0.3) is 0 Å². The monoisotopic (exact) mass is 523 g/mol. The summed E-state index contributed by atoms with van der Waals surface area (Å²) in [6.07, 6.45) is 12.9. The molecule has 1 saturated heterocycles. The van der Waals surface area contributed by atoms with Gasteiger partial charge in [-0.2, -0.15) is 0 Å². The van der Waals surface area contributed by atoms with Gasteiger partial charge in [0.2, 0.25) is 17.7 Å². The van der Waals surface area contributed by atoms with Gasteiger partial charge in [-0.25, -0.2) is 0 Å². The molecule has 208 valence electrons. The number of carbonyl (C=O) groups is 3. The lowest BCUT2D eigenvalue weighted by molar-refractivity contribution is -0.141. The second-order valence-corrected chi connectivity index (χ2v) is 9.97. The Morgan fingerprint density at radius 3 is 2.47 bits per heavy atom. The highest BCUT2D eigenvalue weighted by atomic mass is 16.5. The molecule has 3 amide bonds. The van der Waals surface area contributed by atoms with Crippen LogP contribution in [0.25, 0.3) is 5.57 Å². The van der Waals surface area contributed by atoms with Crippen LogP contribution in [0, 0.1) is 5.92 Å². The molecule has 1 aromatic rings. The number of nitrogens with zero attached hydrogens (tertiary/aromatic N) is 2. The van der Waals surface area contributed by atoms with E-state index in [-0.39, 0.29) is 30.8 Å². The maximum absolute atomic E-state index is 13.5. The third-order valence-corrected chi connectivity index (χ3v) is 6.94. The smallest absolute Gasteiger partial charge is 0.242 e. The largest absolute Gasteiger partial charge is 0.497 e. The van der Waals surface area contributed by atoms with Gasteiger partial charge in [0.05, 0.1) is 7.11 Å². The van der Waals surface area contributed by atoms with E-state index in [1.807, 2.05) is 49.1 Å². The fourth-order valence-corrected chi connectivity index (χ4v) is 4.65. The summed E-state index contributed by atoms with van der Waals surface area (Å²) in [5.41, 5.74) is 8.48. The van der Waals surface area contributed by atoms with E-state index < -0.39 is 11.8 Å². The molecule has 7 heteroatoms. The van der Waals surface area contributed by atoms with Crippen LogP contribution in [0.1, 0.15) is 71.8 Å². The zero-order chi connectivity index (χ0) is 28.1. The lowest BCUT2D eigenvalue weighted by Crippen LogP contribution is -2.44. The van der Waals surface area contributed by atoms with Crippen LogP contribution in [-0.2, 0) is 14.4 Å². The Morgan fingerprint density at radius 2 is 1.89 bits per heavy atom. The normalized spacial score (nSPS) is 18.3. The first-order valence-electron chi connectivity index (χ1n) is 13.8. The first-order chi connectivity index (χ1) is 18.2. The molecule has 1 aliphatic heterocycles. The maximum Gasteiger partial charge on any atom is 0.242 e. The van der Waals surface area contributed by atoms with Crippen molar-refractivity contribution in [3.8, 4) is 5.75 Å². The van der Waals surface area contributed by atoms with Gasteiger partial charge < -0.3 is 20.3 Å². The lowest BCUT2D eigenvalue weighted by atomic mass is 10.0. The van der Waals surface area contributed by atoms with Crippen molar-refractivity contribution in [2.75, 3.05) is 26.7 Å². The van der Waals surface area contributed by atoms with E-state index >= 15 is 0 Å². The van der Waals surface area contributed by atoms with Crippen molar-refractivity contribution in [3.63, 3.8) is 0 Å². The molecule has 2 unspecified atom stereocenters. The number of hydrogen-bond acceptors (Lipinski definition) is 4. The summed E-state index contributed by atoms with van der Waals surface area (Å²) < 4.78 is 5.32. The molecule has 2 N–H and O–H groups in total. The van der Waals surface area contributed by atoms with Crippen molar-refractivity contribution in [1.82, 2.24) is 9.80 Å². The van der Waals surface area contributed by atoms with Crippen LogP contribution in [0.15, 0.2) is 54.1 Å². The van der Waals surface area contributed by atoms with Crippen LogP contribution < -0.4 is 10.5 Å². The van der Waals surface area contributed by atoms with Crippen molar-refractivity contribution in [3.05, 3.63) is 59.7 Å². The Kier molecular flexibility index (Phi) is 12.8. The van der Waals surface area contributed by atoms with Crippen molar-refractivity contribution >= 4 is 23.3 Å². The number of hydrogen-bond donors (Lipinski definition) is 1. The van der Waals surface area contributed by atoms with Gasteiger partial charge in [0.1, 0.15) is 12.3 Å². The number of primary amides is 1. The van der Waals surface area contributed by atoms with E-state index in [1.165, 1.54) is 0 Å². The Bertz CT molecular complexity index is 1030. The third-order valence-electron chi connectivity index (χ3n) is 6.94. The predicted molar refractivity (Wildman–Crippen MR) is 153 cm³/mol. The standard InChI is InChI=1S/C31H45N3O4/c1-6-9-11-12-26(25-13-15-28(38-5)16-14-25)19-24(8-3)21-33(17-10-7-2)30(36)22-34-23(4)18-27(31(34)37)20-29(32)35/h8,11-16,19,23,27H,6-7,9-10,17-18,20-22H2,1-5H3,(H2,32,35)/b12-11+,24-8+,26-19+. The van der Waals surface area contributed by atoms with Crippen LogP contribution in [0.5, 0.6) is 5.75 Å². The van der Waals surface area contributed by atoms with Gasteiger partial charge in [0, 0.05) is 31.5 Å². The van der Waals surface area contributed by atoms with Gasteiger partial charge in [-0.3, -0.25) is 14.4 Å². The molecule has 0 radical (unpaired) electrons. The van der Waals surface area contributed by atoms with E-state index in [0.29, 0.717) is 19.5 Å². The molecule has 1 aliphatic rings. The molecule has 0 aliphatic carbocycles. The summed E-state index contributed by atoms with van der Waals surface area (Å²) in [6, 6.07) is 7.87. The number of methoxy groups -OCH3 is 1. The topological polar surface area (TPSA) is 92.9 Å². The summed E-state index contributed by atoms with van der Waals surface area (Å²) in [7, 11) is 1.65. The van der Waals surface area contributed by atoms with Crippen molar-refractivity contribution in [2.45, 2.75) is 72.3 Å². The fraction of sp³-hybridized carbons (Fsp3) is 0.516. The van der Waals surface area contributed by atoms with Crippen LogP contribution in [-0.4, -0.2) is 60.3 Å². The van der Waals surface area contributed by atoms with E-state index in [2.05, 4.69) is 32.1 Å². The second kappa shape index (κ2) is 15.8. The van der Waals surface area contributed by atoms with Crippen LogP contribution in [0.2, 0.25) is 0 Å². The minimum atomic E-state index is -0.488. The Hall–Kier alpha value is -3.35. The minimum Gasteiger partial charge on any atom is -0.497 e. The molecule has 1 aromatic carbocycles. The molecule has 2 atom stereocenters. The number of carbonyl (C=O) groups excluding carboxylic acids is 3. The van der Waals surface area contributed by atoms with E-state index in [1.54, 1.807) is 12.0 Å². The van der Waals surface area contributed by atoms with Gasteiger partial charge >= 0.3 is 0 Å². The molecule has 0 aromatic heterocycles.